The van der Waals surface area contributed by atoms with Crippen LogP contribution in [0.4, 0.5) is 30.4 Å². The van der Waals surface area contributed by atoms with Gasteiger partial charge in [-0.25, -0.2) is 26.6 Å². The molecule has 3 rings (SSSR count). The largest absolute Gasteiger partial charge is 0.354 e. The van der Waals surface area contributed by atoms with Crippen LogP contribution in [0.2, 0.25) is 0 Å². The fraction of sp³-hybridized carbons (Fsp3) is 0. The van der Waals surface area contributed by atoms with E-state index in [0.29, 0.717) is 11.4 Å². The van der Waals surface area contributed by atoms with E-state index in [-0.39, 0.29) is 10.7 Å². The van der Waals surface area contributed by atoms with Gasteiger partial charge in [0, 0.05) is 11.8 Å². The summed E-state index contributed by atoms with van der Waals surface area (Å²) in [5, 5.41) is 2.81. The van der Waals surface area contributed by atoms with Gasteiger partial charge in [-0.15, -0.1) is 0 Å². The van der Waals surface area contributed by atoms with Crippen LogP contribution < -0.4 is 10.0 Å². The molecule has 5 nitrogen and oxygen atoms in total. The van der Waals surface area contributed by atoms with E-state index in [1.807, 2.05) is 0 Å². The van der Waals surface area contributed by atoms with E-state index in [2.05, 4.69) is 15.0 Å². The number of hydrogen-bond acceptors (Lipinski definition) is 4. The first-order valence-corrected chi connectivity index (χ1v) is 8.78. The maximum atomic E-state index is 13.2. The van der Waals surface area contributed by atoms with Crippen molar-refractivity contribution in [1.29, 1.82) is 0 Å². The van der Waals surface area contributed by atoms with E-state index in [1.54, 1.807) is 0 Å². The molecule has 0 fully saturated rings. The first kappa shape index (κ1) is 17.7. The summed E-state index contributed by atoms with van der Waals surface area (Å²) in [7, 11) is -3.90. The third-order valence-electron chi connectivity index (χ3n) is 3.33. The lowest BCUT2D eigenvalue weighted by Crippen LogP contribution is -2.13. The molecule has 0 bridgehead atoms. The second kappa shape index (κ2) is 7.04. The highest BCUT2D eigenvalue weighted by atomic mass is 32.2. The second-order valence-electron chi connectivity index (χ2n) is 5.25. The van der Waals surface area contributed by atoms with Gasteiger partial charge in [0.2, 0.25) is 0 Å². The van der Waals surface area contributed by atoms with Crippen LogP contribution in [0.3, 0.4) is 0 Å². The fourth-order valence-electron chi connectivity index (χ4n) is 2.08. The van der Waals surface area contributed by atoms with Crippen LogP contribution in [-0.4, -0.2) is 13.4 Å². The topological polar surface area (TPSA) is 71.1 Å². The van der Waals surface area contributed by atoms with Crippen LogP contribution in [0.25, 0.3) is 0 Å². The van der Waals surface area contributed by atoms with Crippen molar-refractivity contribution in [2.24, 2.45) is 0 Å². The van der Waals surface area contributed by atoms with E-state index in [9.17, 15) is 21.6 Å². The molecule has 0 saturated carbocycles. The van der Waals surface area contributed by atoms with Crippen molar-refractivity contribution in [2.45, 2.75) is 4.90 Å². The number of benzene rings is 2. The minimum absolute atomic E-state index is 0.0464. The van der Waals surface area contributed by atoms with Crippen LogP contribution in [0, 0.1) is 17.5 Å². The minimum atomic E-state index is -3.90. The summed E-state index contributed by atoms with van der Waals surface area (Å²) in [6.07, 6.45) is 1.32. The van der Waals surface area contributed by atoms with Crippen molar-refractivity contribution in [3.05, 3.63) is 78.2 Å². The zero-order chi connectivity index (χ0) is 18.7. The number of hydrogen-bond donors (Lipinski definition) is 2. The maximum Gasteiger partial charge on any atom is 0.263 e. The third-order valence-corrected chi connectivity index (χ3v) is 4.71. The predicted octanol–water partition coefficient (Wildman–Crippen LogP) is 4.04. The lowest BCUT2D eigenvalue weighted by atomic mass is 10.3. The van der Waals surface area contributed by atoms with Crippen molar-refractivity contribution in [3.8, 4) is 0 Å². The predicted molar refractivity (Wildman–Crippen MR) is 91.1 cm³/mol. The number of nitrogens with one attached hydrogen (secondary N) is 2. The molecule has 2 aromatic carbocycles. The average molecular weight is 379 g/mol. The molecule has 0 aliphatic carbocycles. The summed E-state index contributed by atoms with van der Waals surface area (Å²) in [6.45, 7) is 0. The van der Waals surface area contributed by atoms with Gasteiger partial charge in [0.15, 0.2) is 11.6 Å². The summed E-state index contributed by atoms with van der Waals surface area (Å²) in [5.74, 6) is -2.45. The molecule has 0 aliphatic rings. The average Bonchev–Trinajstić information content (AvgIpc) is 2.60. The Kier molecular flexibility index (Phi) is 4.81. The van der Waals surface area contributed by atoms with E-state index in [4.69, 9.17) is 0 Å². The van der Waals surface area contributed by atoms with E-state index in [1.165, 1.54) is 24.4 Å². The Morgan fingerprint density at radius 2 is 1.50 bits per heavy atom. The highest BCUT2D eigenvalue weighted by molar-refractivity contribution is 7.92. The Morgan fingerprint density at radius 3 is 2.12 bits per heavy atom. The van der Waals surface area contributed by atoms with Crippen LogP contribution in [0.5, 0.6) is 0 Å². The first-order chi connectivity index (χ1) is 12.3. The molecule has 0 unspecified atom stereocenters. The zero-order valence-electron chi connectivity index (χ0n) is 13.1. The van der Waals surface area contributed by atoms with Crippen molar-refractivity contribution in [2.75, 3.05) is 10.0 Å². The van der Waals surface area contributed by atoms with E-state index < -0.39 is 27.5 Å². The molecular formula is C17H12F3N3O2S. The molecule has 0 radical (unpaired) electrons. The Bertz CT molecular complexity index is 1020. The molecule has 134 valence electrons. The lowest BCUT2D eigenvalue weighted by molar-refractivity contribution is 0.509. The molecular weight excluding hydrogens is 367 g/mol. The summed E-state index contributed by atoms with van der Waals surface area (Å²) in [5.41, 5.74) is 0.756. The summed E-state index contributed by atoms with van der Waals surface area (Å²) in [4.78, 5) is 3.84. The molecule has 0 aliphatic heterocycles. The van der Waals surface area contributed by atoms with Gasteiger partial charge in [0.1, 0.15) is 11.6 Å². The third kappa shape index (κ3) is 4.12. The van der Waals surface area contributed by atoms with E-state index in [0.717, 1.165) is 36.4 Å². The first-order valence-electron chi connectivity index (χ1n) is 7.30. The minimum Gasteiger partial charge on any atom is -0.354 e. The molecule has 3 aromatic rings. The number of rotatable bonds is 5. The van der Waals surface area contributed by atoms with Crippen LogP contribution >= 0.6 is 0 Å². The number of sulfonamides is 1. The Hall–Kier alpha value is -3.07. The smallest absolute Gasteiger partial charge is 0.263 e. The van der Waals surface area contributed by atoms with Gasteiger partial charge in [0.05, 0.1) is 16.8 Å². The van der Waals surface area contributed by atoms with Crippen LogP contribution in [-0.2, 0) is 10.0 Å². The summed E-state index contributed by atoms with van der Waals surface area (Å²) in [6, 6.07) is 10.6. The highest BCUT2D eigenvalue weighted by Gasteiger charge is 2.14. The number of halogens is 3. The SMILES string of the molecule is O=S(=O)(Nc1ccc(Nc2ccc(F)c(F)c2)cn1)c1ccc(F)cc1. The lowest BCUT2D eigenvalue weighted by Gasteiger charge is -2.09. The Labute approximate surface area is 147 Å². The molecule has 0 saturated heterocycles. The molecule has 0 amide bonds. The van der Waals surface area contributed by atoms with Crippen molar-refractivity contribution >= 4 is 27.2 Å². The quantitative estimate of drug-likeness (QED) is 0.702. The molecule has 26 heavy (non-hydrogen) atoms. The summed E-state index contributed by atoms with van der Waals surface area (Å²) >= 11 is 0. The van der Waals surface area contributed by atoms with Gasteiger partial charge in [-0.1, -0.05) is 0 Å². The van der Waals surface area contributed by atoms with E-state index >= 15 is 0 Å². The molecule has 9 heteroatoms. The van der Waals surface area contributed by atoms with Crippen molar-refractivity contribution < 1.29 is 21.6 Å². The van der Waals surface area contributed by atoms with Gasteiger partial charge < -0.3 is 5.32 Å². The molecule has 0 spiro atoms. The maximum absolute atomic E-state index is 13.2. The monoisotopic (exact) mass is 379 g/mol. The van der Waals surface area contributed by atoms with Gasteiger partial charge in [-0.3, -0.25) is 4.72 Å². The summed E-state index contributed by atoms with van der Waals surface area (Å²) < 4.78 is 65.6. The molecule has 1 aromatic heterocycles. The standard InChI is InChI=1S/C17H12F3N3O2S/c18-11-1-5-14(6-2-11)26(24,25)23-17-8-4-13(10-21-17)22-12-3-7-15(19)16(20)9-12/h1-10,22H,(H,21,23). The van der Waals surface area contributed by atoms with Crippen molar-refractivity contribution in [1.82, 2.24) is 4.98 Å². The molecule has 0 atom stereocenters. The van der Waals surface area contributed by atoms with Crippen LogP contribution in [0.15, 0.2) is 65.7 Å². The highest BCUT2D eigenvalue weighted by Crippen LogP contribution is 2.20. The zero-order valence-corrected chi connectivity index (χ0v) is 13.9. The van der Waals surface area contributed by atoms with Gasteiger partial charge in [0.25, 0.3) is 10.0 Å². The second-order valence-corrected chi connectivity index (χ2v) is 6.93. The Morgan fingerprint density at radius 1 is 0.808 bits per heavy atom. The molecule has 1 heterocycles. The van der Waals surface area contributed by atoms with Gasteiger partial charge >= 0.3 is 0 Å². The van der Waals surface area contributed by atoms with Crippen molar-refractivity contribution in [3.63, 3.8) is 0 Å². The molecule has 2 N–H and O–H groups in total. The van der Waals surface area contributed by atoms with Crippen LogP contribution in [0.1, 0.15) is 0 Å². The number of aromatic nitrogens is 1. The van der Waals surface area contributed by atoms with Gasteiger partial charge in [-0.2, -0.15) is 0 Å². The Balaban J connectivity index is 1.73. The number of nitrogens with zero attached hydrogens (tertiary/aromatic N) is 1. The number of pyridine rings is 1. The normalized spacial score (nSPS) is 11.2. The fourth-order valence-corrected chi connectivity index (χ4v) is 3.09. The number of anilines is 3. The van der Waals surface area contributed by atoms with Gasteiger partial charge in [-0.05, 0) is 48.5 Å².